The van der Waals surface area contributed by atoms with Crippen molar-refractivity contribution in [3.8, 4) is 0 Å². The van der Waals surface area contributed by atoms with Gasteiger partial charge >= 0.3 is 0 Å². The summed E-state index contributed by atoms with van der Waals surface area (Å²) in [6.45, 7) is 5.55. The first-order chi connectivity index (χ1) is 7.83. The number of rotatable bonds is 5. The Morgan fingerprint density at radius 2 is 1.88 bits per heavy atom. The molecule has 1 aliphatic carbocycles. The number of ether oxygens (including phenoxy) is 1. The van der Waals surface area contributed by atoms with Crippen molar-refractivity contribution in [3.05, 3.63) is 0 Å². The summed E-state index contributed by atoms with van der Waals surface area (Å²) < 4.78 is 5.95. The quantitative estimate of drug-likeness (QED) is 0.776. The van der Waals surface area contributed by atoms with Crippen LogP contribution in [-0.2, 0) is 4.74 Å². The van der Waals surface area contributed by atoms with E-state index in [2.05, 4.69) is 19.2 Å². The molecule has 0 bridgehead atoms. The molecule has 0 aromatic heterocycles. The van der Waals surface area contributed by atoms with Crippen LogP contribution in [-0.4, -0.2) is 24.8 Å². The predicted molar refractivity (Wildman–Crippen MR) is 67.6 cm³/mol. The number of hydrogen-bond acceptors (Lipinski definition) is 2. The minimum Gasteiger partial charge on any atom is -0.378 e. The van der Waals surface area contributed by atoms with Gasteiger partial charge in [0.05, 0.1) is 6.10 Å². The first kappa shape index (κ1) is 12.4. The zero-order valence-corrected chi connectivity index (χ0v) is 10.9. The Bertz CT molecular complexity index is 199. The minimum atomic E-state index is 0.515. The average molecular weight is 225 g/mol. The van der Waals surface area contributed by atoms with Crippen molar-refractivity contribution in [2.75, 3.05) is 6.61 Å². The van der Waals surface area contributed by atoms with Crippen LogP contribution in [0.5, 0.6) is 0 Å². The highest BCUT2D eigenvalue weighted by Gasteiger charge is 2.29. The van der Waals surface area contributed by atoms with Gasteiger partial charge in [-0.1, -0.05) is 33.1 Å². The highest BCUT2D eigenvalue weighted by atomic mass is 16.5. The molecule has 2 heteroatoms. The van der Waals surface area contributed by atoms with Crippen molar-refractivity contribution in [3.63, 3.8) is 0 Å². The van der Waals surface area contributed by atoms with E-state index in [9.17, 15) is 0 Å². The molecule has 1 N–H and O–H groups in total. The fourth-order valence-electron chi connectivity index (χ4n) is 3.03. The SMILES string of the molecule is CCC(CC)C1CC(NC2CCC2)CCO1. The molecule has 1 heterocycles. The van der Waals surface area contributed by atoms with Gasteiger partial charge in [-0.15, -0.1) is 0 Å². The number of hydrogen-bond donors (Lipinski definition) is 1. The van der Waals surface area contributed by atoms with E-state index < -0.39 is 0 Å². The first-order valence-corrected chi connectivity index (χ1v) is 7.21. The maximum atomic E-state index is 5.95. The molecule has 2 unspecified atom stereocenters. The van der Waals surface area contributed by atoms with Gasteiger partial charge in [0.25, 0.3) is 0 Å². The zero-order chi connectivity index (χ0) is 11.4. The van der Waals surface area contributed by atoms with Crippen molar-refractivity contribution in [2.24, 2.45) is 5.92 Å². The van der Waals surface area contributed by atoms with Gasteiger partial charge in [-0.3, -0.25) is 0 Å². The summed E-state index contributed by atoms with van der Waals surface area (Å²) >= 11 is 0. The molecule has 1 saturated heterocycles. The third kappa shape index (κ3) is 2.98. The maximum absolute atomic E-state index is 5.95. The largest absolute Gasteiger partial charge is 0.378 e. The first-order valence-electron chi connectivity index (χ1n) is 7.21. The molecular formula is C14H27NO. The molecule has 94 valence electrons. The van der Waals surface area contributed by atoms with Gasteiger partial charge in [0.2, 0.25) is 0 Å². The van der Waals surface area contributed by atoms with E-state index in [1.807, 2.05) is 0 Å². The predicted octanol–water partition coefficient (Wildman–Crippen LogP) is 3.11. The Hall–Kier alpha value is -0.0800. The summed E-state index contributed by atoms with van der Waals surface area (Å²) in [4.78, 5) is 0. The van der Waals surface area contributed by atoms with Gasteiger partial charge in [0.1, 0.15) is 0 Å². The lowest BCUT2D eigenvalue weighted by atomic mass is 9.87. The van der Waals surface area contributed by atoms with E-state index in [1.165, 1.54) is 44.9 Å². The van der Waals surface area contributed by atoms with Gasteiger partial charge in [-0.25, -0.2) is 0 Å². The van der Waals surface area contributed by atoms with Crippen LogP contribution in [0.15, 0.2) is 0 Å². The van der Waals surface area contributed by atoms with Crippen molar-refractivity contribution < 1.29 is 4.74 Å². The van der Waals surface area contributed by atoms with E-state index in [-0.39, 0.29) is 0 Å². The number of nitrogens with one attached hydrogen (secondary N) is 1. The Balaban J connectivity index is 1.78. The van der Waals surface area contributed by atoms with E-state index in [1.54, 1.807) is 0 Å². The lowest BCUT2D eigenvalue weighted by Gasteiger charge is -2.38. The summed E-state index contributed by atoms with van der Waals surface area (Å²) in [6.07, 6.45) is 9.71. The molecule has 2 rings (SSSR count). The molecule has 0 aromatic rings. The molecule has 0 aromatic carbocycles. The summed E-state index contributed by atoms with van der Waals surface area (Å²) in [6, 6.07) is 1.55. The highest BCUT2D eigenvalue weighted by molar-refractivity contribution is 4.86. The van der Waals surface area contributed by atoms with Gasteiger partial charge in [0.15, 0.2) is 0 Å². The van der Waals surface area contributed by atoms with Gasteiger partial charge in [-0.05, 0) is 31.6 Å². The Kier molecular flexibility index (Phi) is 4.66. The van der Waals surface area contributed by atoms with Crippen LogP contribution in [0.25, 0.3) is 0 Å². The van der Waals surface area contributed by atoms with Gasteiger partial charge in [-0.2, -0.15) is 0 Å². The summed E-state index contributed by atoms with van der Waals surface area (Å²) in [5.41, 5.74) is 0. The van der Waals surface area contributed by atoms with E-state index >= 15 is 0 Å². The molecule has 2 aliphatic rings. The van der Waals surface area contributed by atoms with Gasteiger partial charge in [0, 0.05) is 18.7 Å². The fourth-order valence-corrected chi connectivity index (χ4v) is 3.03. The van der Waals surface area contributed by atoms with Crippen molar-refractivity contribution in [1.82, 2.24) is 5.32 Å². The Morgan fingerprint density at radius 3 is 2.44 bits per heavy atom. The minimum absolute atomic E-state index is 0.515. The van der Waals surface area contributed by atoms with Crippen LogP contribution in [0.4, 0.5) is 0 Å². The second kappa shape index (κ2) is 6.02. The van der Waals surface area contributed by atoms with E-state index in [4.69, 9.17) is 4.74 Å². The smallest absolute Gasteiger partial charge is 0.0617 e. The summed E-state index contributed by atoms with van der Waals surface area (Å²) in [5.74, 6) is 0.769. The van der Waals surface area contributed by atoms with Crippen molar-refractivity contribution in [2.45, 2.75) is 77.0 Å². The highest BCUT2D eigenvalue weighted by Crippen LogP contribution is 2.27. The lowest BCUT2D eigenvalue weighted by Crippen LogP contribution is -2.47. The summed E-state index contributed by atoms with van der Waals surface area (Å²) in [5, 5.41) is 3.81. The molecule has 0 spiro atoms. The molecular weight excluding hydrogens is 198 g/mol. The zero-order valence-electron chi connectivity index (χ0n) is 10.9. The molecule has 2 nitrogen and oxygen atoms in total. The molecule has 2 fully saturated rings. The fraction of sp³-hybridized carbons (Fsp3) is 1.00. The standard InChI is InChI=1S/C14H27NO/c1-3-11(4-2)14-10-13(8-9-16-14)15-12-6-5-7-12/h11-15H,3-10H2,1-2H3. The van der Waals surface area contributed by atoms with Crippen LogP contribution in [0.3, 0.4) is 0 Å². The van der Waals surface area contributed by atoms with E-state index in [0.29, 0.717) is 6.10 Å². The van der Waals surface area contributed by atoms with Crippen LogP contribution >= 0.6 is 0 Å². The molecule has 16 heavy (non-hydrogen) atoms. The normalized spacial score (nSPS) is 31.7. The van der Waals surface area contributed by atoms with Crippen LogP contribution in [0, 0.1) is 5.92 Å². The van der Waals surface area contributed by atoms with Crippen molar-refractivity contribution >= 4 is 0 Å². The van der Waals surface area contributed by atoms with E-state index in [0.717, 1.165) is 24.6 Å². The third-order valence-corrected chi connectivity index (χ3v) is 4.47. The molecule has 1 aliphatic heterocycles. The maximum Gasteiger partial charge on any atom is 0.0617 e. The molecule has 0 radical (unpaired) electrons. The molecule has 1 saturated carbocycles. The second-order valence-corrected chi connectivity index (χ2v) is 5.50. The topological polar surface area (TPSA) is 21.3 Å². The monoisotopic (exact) mass is 225 g/mol. The Labute approximate surface area is 100 Å². The average Bonchev–Trinajstić information content (AvgIpc) is 2.26. The lowest BCUT2D eigenvalue weighted by molar-refractivity contribution is -0.0375. The van der Waals surface area contributed by atoms with Crippen LogP contribution < -0.4 is 5.32 Å². The summed E-state index contributed by atoms with van der Waals surface area (Å²) in [7, 11) is 0. The van der Waals surface area contributed by atoms with Gasteiger partial charge < -0.3 is 10.1 Å². The molecule has 2 atom stereocenters. The third-order valence-electron chi connectivity index (χ3n) is 4.47. The molecule has 0 amide bonds. The van der Waals surface area contributed by atoms with Crippen LogP contribution in [0.1, 0.15) is 58.8 Å². The Morgan fingerprint density at radius 1 is 1.12 bits per heavy atom. The second-order valence-electron chi connectivity index (χ2n) is 5.50. The van der Waals surface area contributed by atoms with Crippen LogP contribution in [0.2, 0.25) is 0 Å². The van der Waals surface area contributed by atoms with Crippen molar-refractivity contribution in [1.29, 1.82) is 0 Å².